The van der Waals surface area contributed by atoms with Crippen LogP contribution in [-0.4, -0.2) is 18.9 Å². The van der Waals surface area contributed by atoms with Gasteiger partial charge in [0, 0.05) is 18.4 Å². The Kier molecular flexibility index (Phi) is 4.01. The van der Waals surface area contributed by atoms with Gasteiger partial charge in [-0.15, -0.1) is 0 Å². The van der Waals surface area contributed by atoms with Crippen molar-refractivity contribution >= 4 is 5.78 Å². The summed E-state index contributed by atoms with van der Waals surface area (Å²) in [5.41, 5.74) is 0.0113. The summed E-state index contributed by atoms with van der Waals surface area (Å²) in [5.74, 6) is 1.27. The molecule has 1 aliphatic carbocycles. The van der Waals surface area contributed by atoms with Gasteiger partial charge in [-0.2, -0.15) is 0 Å². The summed E-state index contributed by atoms with van der Waals surface area (Å²) < 4.78 is 0. The van der Waals surface area contributed by atoms with Gasteiger partial charge in [0.15, 0.2) is 0 Å². The fraction of sp³-hybridized carbons (Fsp3) is 0.929. The highest BCUT2D eigenvalue weighted by Gasteiger charge is 2.40. The molecular formula is C14H25NO. The lowest BCUT2D eigenvalue weighted by Crippen LogP contribution is -2.34. The van der Waals surface area contributed by atoms with Gasteiger partial charge in [0.25, 0.3) is 0 Å². The predicted molar refractivity (Wildman–Crippen MR) is 66.4 cm³/mol. The van der Waals surface area contributed by atoms with Crippen LogP contribution in [0.2, 0.25) is 0 Å². The predicted octanol–water partition coefficient (Wildman–Crippen LogP) is 2.92. The Bertz CT molecular complexity index is 237. The van der Waals surface area contributed by atoms with E-state index in [4.69, 9.17) is 0 Å². The molecule has 1 aliphatic heterocycles. The first-order chi connectivity index (χ1) is 7.77. The molecule has 1 saturated carbocycles. The normalized spacial score (nSPS) is 31.1. The molecule has 1 atom stereocenters. The van der Waals surface area contributed by atoms with Crippen LogP contribution >= 0.6 is 0 Å². The third-order valence-electron chi connectivity index (χ3n) is 4.51. The van der Waals surface area contributed by atoms with E-state index >= 15 is 0 Å². The molecular weight excluding hydrogens is 198 g/mol. The van der Waals surface area contributed by atoms with Gasteiger partial charge in [-0.1, -0.05) is 39.0 Å². The van der Waals surface area contributed by atoms with Gasteiger partial charge in [0.2, 0.25) is 0 Å². The van der Waals surface area contributed by atoms with Crippen molar-refractivity contribution in [3.63, 3.8) is 0 Å². The largest absolute Gasteiger partial charge is 0.316 e. The minimum absolute atomic E-state index is 0.0113. The Morgan fingerprint density at radius 3 is 2.69 bits per heavy atom. The fourth-order valence-electron chi connectivity index (χ4n) is 3.51. The highest BCUT2D eigenvalue weighted by atomic mass is 16.1. The monoisotopic (exact) mass is 223 g/mol. The van der Waals surface area contributed by atoms with Crippen molar-refractivity contribution in [2.24, 2.45) is 11.3 Å². The quantitative estimate of drug-likeness (QED) is 0.776. The van der Waals surface area contributed by atoms with E-state index < -0.39 is 0 Å². The smallest absolute Gasteiger partial charge is 0.140 e. The van der Waals surface area contributed by atoms with Crippen LogP contribution in [0.5, 0.6) is 0 Å². The van der Waals surface area contributed by atoms with Crippen molar-refractivity contribution < 1.29 is 4.79 Å². The average molecular weight is 223 g/mol. The van der Waals surface area contributed by atoms with Gasteiger partial charge in [-0.05, 0) is 25.3 Å². The summed E-state index contributed by atoms with van der Waals surface area (Å²) in [6, 6.07) is 0. The average Bonchev–Trinajstić information content (AvgIpc) is 2.89. The molecule has 2 fully saturated rings. The first-order valence-corrected chi connectivity index (χ1v) is 7.01. The molecule has 0 amide bonds. The zero-order valence-electron chi connectivity index (χ0n) is 10.6. The van der Waals surface area contributed by atoms with E-state index in [0.29, 0.717) is 11.7 Å². The van der Waals surface area contributed by atoms with Crippen LogP contribution in [0.4, 0.5) is 0 Å². The number of carbonyl (C=O) groups excluding carboxylic acids is 1. The summed E-state index contributed by atoms with van der Waals surface area (Å²) in [5, 5.41) is 3.38. The van der Waals surface area contributed by atoms with E-state index in [1.54, 1.807) is 0 Å². The number of Topliss-reactive ketones (excluding diaryl/α,β-unsaturated/α-hetero) is 1. The van der Waals surface area contributed by atoms with Gasteiger partial charge in [-0.3, -0.25) is 4.79 Å². The Morgan fingerprint density at radius 2 is 2.12 bits per heavy atom. The van der Waals surface area contributed by atoms with Crippen molar-refractivity contribution in [2.75, 3.05) is 13.1 Å². The third-order valence-corrected chi connectivity index (χ3v) is 4.51. The van der Waals surface area contributed by atoms with E-state index in [9.17, 15) is 4.79 Å². The molecule has 92 valence electrons. The number of ketones is 1. The maximum Gasteiger partial charge on any atom is 0.140 e. The molecule has 1 N–H and O–H groups in total. The molecule has 0 aromatic heterocycles. The Balaban J connectivity index is 1.93. The Labute approximate surface area is 99.2 Å². The van der Waals surface area contributed by atoms with E-state index in [1.165, 1.54) is 25.7 Å². The van der Waals surface area contributed by atoms with Crippen LogP contribution in [0.1, 0.15) is 58.3 Å². The SMILES string of the molecule is CCCC1(C(=O)CC2CCCC2)CCNC1. The molecule has 1 unspecified atom stereocenters. The molecule has 0 aromatic rings. The maximum absolute atomic E-state index is 12.5. The maximum atomic E-state index is 12.5. The molecule has 0 radical (unpaired) electrons. The molecule has 2 rings (SSSR count). The number of rotatable bonds is 5. The fourth-order valence-corrected chi connectivity index (χ4v) is 3.51. The molecule has 0 bridgehead atoms. The van der Waals surface area contributed by atoms with Crippen molar-refractivity contribution in [1.82, 2.24) is 5.32 Å². The van der Waals surface area contributed by atoms with Crippen molar-refractivity contribution in [3.05, 3.63) is 0 Å². The second-order valence-corrected chi connectivity index (χ2v) is 5.73. The number of hydrogen-bond acceptors (Lipinski definition) is 2. The molecule has 1 heterocycles. The summed E-state index contributed by atoms with van der Waals surface area (Å²) in [7, 11) is 0. The topological polar surface area (TPSA) is 29.1 Å². The van der Waals surface area contributed by atoms with E-state index in [-0.39, 0.29) is 5.41 Å². The molecule has 16 heavy (non-hydrogen) atoms. The van der Waals surface area contributed by atoms with Crippen LogP contribution in [0.15, 0.2) is 0 Å². The lowest BCUT2D eigenvalue weighted by Gasteiger charge is -2.27. The van der Waals surface area contributed by atoms with Crippen LogP contribution < -0.4 is 5.32 Å². The number of hydrogen-bond donors (Lipinski definition) is 1. The first-order valence-electron chi connectivity index (χ1n) is 7.01. The van der Waals surface area contributed by atoms with E-state index in [1.807, 2.05) is 0 Å². The van der Waals surface area contributed by atoms with Gasteiger partial charge >= 0.3 is 0 Å². The van der Waals surface area contributed by atoms with Crippen molar-refractivity contribution in [1.29, 1.82) is 0 Å². The molecule has 0 aromatic carbocycles. The highest BCUT2D eigenvalue weighted by Crippen LogP contribution is 2.37. The molecule has 1 saturated heterocycles. The highest BCUT2D eigenvalue weighted by molar-refractivity contribution is 5.85. The summed E-state index contributed by atoms with van der Waals surface area (Å²) in [6.45, 7) is 4.17. The van der Waals surface area contributed by atoms with Crippen LogP contribution in [0, 0.1) is 11.3 Å². The molecule has 2 heteroatoms. The standard InChI is InChI=1S/C14H25NO/c1-2-7-14(8-9-15-11-14)13(16)10-12-5-3-4-6-12/h12,15H,2-11H2,1H3. The first kappa shape index (κ1) is 12.1. The number of carbonyl (C=O) groups is 1. The van der Waals surface area contributed by atoms with Gasteiger partial charge in [0.1, 0.15) is 5.78 Å². The Morgan fingerprint density at radius 1 is 1.38 bits per heavy atom. The summed E-state index contributed by atoms with van der Waals surface area (Å²) >= 11 is 0. The van der Waals surface area contributed by atoms with Crippen molar-refractivity contribution in [2.45, 2.75) is 58.3 Å². The number of nitrogens with one attached hydrogen (secondary N) is 1. The molecule has 0 spiro atoms. The van der Waals surface area contributed by atoms with E-state index in [2.05, 4.69) is 12.2 Å². The summed E-state index contributed by atoms with van der Waals surface area (Å²) in [6.07, 6.45) is 9.44. The lowest BCUT2D eigenvalue weighted by molar-refractivity contribution is -0.129. The minimum Gasteiger partial charge on any atom is -0.316 e. The zero-order chi connectivity index (χ0) is 11.4. The third kappa shape index (κ3) is 2.48. The van der Waals surface area contributed by atoms with E-state index in [0.717, 1.165) is 38.8 Å². The lowest BCUT2D eigenvalue weighted by atomic mass is 9.75. The molecule has 2 nitrogen and oxygen atoms in total. The zero-order valence-corrected chi connectivity index (χ0v) is 10.6. The summed E-state index contributed by atoms with van der Waals surface area (Å²) in [4.78, 5) is 12.5. The second kappa shape index (κ2) is 5.31. The Hall–Kier alpha value is -0.370. The van der Waals surface area contributed by atoms with Crippen LogP contribution in [-0.2, 0) is 4.79 Å². The minimum atomic E-state index is 0.0113. The van der Waals surface area contributed by atoms with Crippen LogP contribution in [0.3, 0.4) is 0 Å². The molecule has 2 aliphatic rings. The van der Waals surface area contributed by atoms with Crippen LogP contribution in [0.25, 0.3) is 0 Å². The van der Waals surface area contributed by atoms with Crippen molar-refractivity contribution in [3.8, 4) is 0 Å². The second-order valence-electron chi connectivity index (χ2n) is 5.73. The van der Waals surface area contributed by atoms with Gasteiger partial charge in [0.05, 0.1) is 0 Å². The van der Waals surface area contributed by atoms with Gasteiger partial charge in [-0.25, -0.2) is 0 Å². The van der Waals surface area contributed by atoms with Gasteiger partial charge < -0.3 is 5.32 Å².